The second kappa shape index (κ2) is 7.85. The second-order valence-electron chi connectivity index (χ2n) is 6.43. The average molecular weight is 367 g/mol. The average Bonchev–Trinajstić information content (AvgIpc) is 3.31. The highest BCUT2D eigenvalue weighted by Crippen LogP contribution is 2.23. The third-order valence-corrected chi connectivity index (χ3v) is 5.46. The van der Waals surface area contributed by atoms with Gasteiger partial charge in [-0.05, 0) is 12.5 Å². The first-order valence-electron chi connectivity index (χ1n) is 8.83. The van der Waals surface area contributed by atoms with Crippen molar-refractivity contribution >= 4 is 17.2 Å². The van der Waals surface area contributed by atoms with Crippen molar-refractivity contribution in [2.75, 3.05) is 26.2 Å². The lowest BCUT2D eigenvalue weighted by Crippen LogP contribution is -2.34. The molecule has 26 heavy (non-hydrogen) atoms. The summed E-state index contributed by atoms with van der Waals surface area (Å²) in [6, 6.07) is 12.0. The van der Waals surface area contributed by atoms with Crippen LogP contribution in [0, 0.1) is 0 Å². The molecule has 0 saturated carbocycles. The van der Waals surface area contributed by atoms with Crippen LogP contribution in [0.3, 0.4) is 0 Å². The Morgan fingerprint density at radius 3 is 2.81 bits per heavy atom. The van der Waals surface area contributed by atoms with E-state index in [1.165, 1.54) is 6.26 Å². The monoisotopic (exact) mass is 367 g/mol. The summed E-state index contributed by atoms with van der Waals surface area (Å²) in [6.45, 7) is 4.21. The lowest BCUT2D eigenvalue weighted by atomic mass is 10.2. The number of amides is 1. The fourth-order valence-electron chi connectivity index (χ4n) is 3.22. The quantitative estimate of drug-likeness (QED) is 0.705. The van der Waals surface area contributed by atoms with E-state index in [0.29, 0.717) is 5.56 Å². The molecule has 0 spiro atoms. The SMILES string of the molecule is O=C(c1ccoc1)N1CCCN(Cc2nc(-c3ccccc3)cs2)CC1. The molecule has 1 fully saturated rings. The fourth-order valence-corrected chi connectivity index (χ4v) is 4.06. The van der Waals surface area contributed by atoms with Crippen LogP contribution in [0.15, 0.2) is 58.7 Å². The normalized spacial score (nSPS) is 15.8. The first-order valence-corrected chi connectivity index (χ1v) is 9.71. The molecule has 134 valence electrons. The van der Waals surface area contributed by atoms with Gasteiger partial charge in [0.1, 0.15) is 11.3 Å². The molecule has 1 aliphatic rings. The topological polar surface area (TPSA) is 49.6 Å². The summed E-state index contributed by atoms with van der Waals surface area (Å²) in [4.78, 5) is 21.6. The summed E-state index contributed by atoms with van der Waals surface area (Å²) in [7, 11) is 0. The van der Waals surface area contributed by atoms with E-state index in [1.807, 2.05) is 23.1 Å². The standard InChI is InChI=1S/C20H21N3O2S/c24-20(17-7-12-25-14-17)23-9-4-8-22(10-11-23)13-19-21-18(15-26-19)16-5-2-1-3-6-16/h1-3,5-7,12,14-15H,4,8-11,13H2. The van der Waals surface area contributed by atoms with Crippen LogP contribution in [-0.2, 0) is 6.54 Å². The van der Waals surface area contributed by atoms with Crippen LogP contribution in [0.2, 0.25) is 0 Å². The number of hydrogen-bond acceptors (Lipinski definition) is 5. The summed E-state index contributed by atoms with van der Waals surface area (Å²) < 4.78 is 5.03. The summed E-state index contributed by atoms with van der Waals surface area (Å²) >= 11 is 1.70. The zero-order valence-corrected chi connectivity index (χ0v) is 15.3. The number of rotatable bonds is 4. The van der Waals surface area contributed by atoms with E-state index in [0.717, 1.165) is 55.4 Å². The smallest absolute Gasteiger partial charge is 0.257 e. The Balaban J connectivity index is 1.36. The van der Waals surface area contributed by atoms with E-state index < -0.39 is 0 Å². The largest absolute Gasteiger partial charge is 0.472 e. The number of thiazole rings is 1. The molecule has 0 radical (unpaired) electrons. The van der Waals surface area contributed by atoms with Gasteiger partial charge in [0.15, 0.2) is 0 Å². The minimum Gasteiger partial charge on any atom is -0.472 e. The summed E-state index contributed by atoms with van der Waals surface area (Å²) in [5.74, 6) is 0.0567. The van der Waals surface area contributed by atoms with Gasteiger partial charge in [0, 0.05) is 37.1 Å². The van der Waals surface area contributed by atoms with Crippen molar-refractivity contribution in [2.45, 2.75) is 13.0 Å². The van der Waals surface area contributed by atoms with E-state index >= 15 is 0 Å². The zero-order chi connectivity index (χ0) is 17.8. The highest BCUT2D eigenvalue weighted by atomic mass is 32.1. The molecule has 1 saturated heterocycles. The van der Waals surface area contributed by atoms with Crippen molar-refractivity contribution in [1.29, 1.82) is 0 Å². The van der Waals surface area contributed by atoms with Crippen LogP contribution in [0.1, 0.15) is 21.8 Å². The van der Waals surface area contributed by atoms with Crippen LogP contribution in [0.25, 0.3) is 11.3 Å². The van der Waals surface area contributed by atoms with Gasteiger partial charge >= 0.3 is 0 Å². The van der Waals surface area contributed by atoms with E-state index in [4.69, 9.17) is 9.40 Å². The number of carbonyl (C=O) groups is 1. The van der Waals surface area contributed by atoms with Gasteiger partial charge in [0.25, 0.3) is 5.91 Å². The molecule has 3 heterocycles. The highest BCUT2D eigenvalue weighted by molar-refractivity contribution is 7.09. The van der Waals surface area contributed by atoms with Crippen molar-refractivity contribution in [1.82, 2.24) is 14.8 Å². The van der Waals surface area contributed by atoms with Gasteiger partial charge in [-0.1, -0.05) is 30.3 Å². The van der Waals surface area contributed by atoms with Gasteiger partial charge in [-0.15, -0.1) is 11.3 Å². The van der Waals surface area contributed by atoms with Crippen LogP contribution >= 0.6 is 11.3 Å². The Hall–Kier alpha value is -2.44. The fraction of sp³-hybridized carbons (Fsp3) is 0.300. The van der Waals surface area contributed by atoms with Crippen molar-refractivity contribution in [3.63, 3.8) is 0 Å². The number of nitrogens with zero attached hydrogens (tertiary/aromatic N) is 3. The van der Waals surface area contributed by atoms with Crippen molar-refractivity contribution in [2.24, 2.45) is 0 Å². The van der Waals surface area contributed by atoms with Crippen molar-refractivity contribution < 1.29 is 9.21 Å². The maximum absolute atomic E-state index is 12.5. The number of hydrogen-bond donors (Lipinski definition) is 0. The molecule has 4 rings (SSSR count). The van der Waals surface area contributed by atoms with E-state index in [2.05, 4.69) is 22.4 Å². The molecule has 1 aliphatic heterocycles. The third-order valence-electron chi connectivity index (χ3n) is 4.62. The molecule has 6 heteroatoms. The van der Waals surface area contributed by atoms with Crippen LogP contribution in [0.5, 0.6) is 0 Å². The van der Waals surface area contributed by atoms with E-state index in [1.54, 1.807) is 23.7 Å². The zero-order valence-electron chi connectivity index (χ0n) is 14.5. The summed E-state index contributed by atoms with van der Waals surface area (Å²) in [5.41, 5.74) is 2.82. The molecule has 5 nitrogen and oxygen atoms in total. The molecular weight excluding hydrogens is 346 g/mol. The van der Waals surface area contributed by atoms with Crippen LogP contribution < -0.4 is 0 Å². The van der Waals surface area contributed by atoms with E-state index in [9.17, 15) is 4.79 Å². The minimum absolute atomic E-state index is 0.0567. The highest BCUT2D eigenvalue weighted by Gasteiger charge is 2.21. The van der Waals surface area contributed by atoms with E-state index in [-0.39, 0.29) is 5.91 Å². The number of aromatic nitrogens is 1. The van der Waals surface area contributed by atoms with Gasteiger partial charge in [-0.3, -0.25) is 9.69 Å². The van der Waals surface area contributed by atoms with Gasteiger partial charge in [0.05, 0.1) is 24.1 Å². The summed E-state index contributed by atoms with van der Waals surface area (Å²) in [5, 5.41) is 3.25. The van der Waals surface area contributed by atoms with Crippen molar-refractivity contribution in [3.05, 3.63) is 64.9 Å². The molecule has 2 aromatic heterocycles. The summed E-state index contributed by atoms with van der Waals surface area (Å²) in [6.07, 6.45) is 4.04. The molecule has 3 aromatic rings. The van der Waals surface area contributed by atoms with Gasteiger partial charge < -0.3 is 9.32 Å². The Morgan fingerprint density at radius 1 is 1.12 bits per heavy atom. The molecule has 1 amide bonds. The van der Waals surface area contributed by atoms with Crippen LogP contribution in [-0.4, -0.2) is 46.9 Å². The van der Waals surface area contributed by atoms with Gasteiger partial charge in [-0.25, -0.2) is 4.98 Å². The lowest BCUT2D eigenvalue weighted by molar-refractivity contribution is 0.0760. The Kier molecular flexibility index (Phi) is 5.13. The first-order chi connectivity index (χ1) is 12.8. The third kappa shape index (κ3) is 3.86. The number of carbonyl (C=O) groups excluding carboxylic acids is 1. The first kappa shape index (κ1) is 17.0. The number of benzene rings is 1. The maximum Gasteiger partial charge on any atom is 0.257 e. The van der Waals surface area contributed by atoms with Crippen LogP contribution in [0.4, 0.5) is 0 Å². The second-order valence-corrected chi connectivity index (χ2v) is 7.37. The Bertz CT molecular complexity index is 845. The predicted molar refractivity (Wildman–Crippen MR) is 102 cm³/mol. The Labute approximate surface area is 156 Å². The molecular formula is C20H21N3O2S. The molecule has 0 bridgehead atoms. The lowest BCUT2D eigenvalue weighted by Gasteiger charge is -2.21. The maximum atomic E-state index is 12.5. The molecule has 0 unspecified atom stereocenters. The van der Waals surface area contributed by atoms with Gasteiger partial charge in [0.2, 0.25) is 0 Å². The minimum atomic E-state index is 0.0567. The molecule has 0 atom stereocenters. The molecule has 0 aliphatic carbocycles. The predicted octanol–water partition coefficient (Wildman–Crippen LogP) is 3.75. The van der Waals surface area contributed by atoms with Gasteiger partial charge in [-0.2, -0.15) is 0 Å². The number of furan rings is 1. The Morgan fingerprint density at radius 2 is 2.00 bits per heavy atom. The molecule has 1 aromatic carbocycles. The molecule has 0 N–H and O–H groups in total. The van der Waals surface area contributed by atoms with Crippen molar-refractivity contribution in [3.8, 4) is 11.3 Å².